The van der Waals surface area contributed by atoms with Crippen molar-refractivity contribution < 1.29 is 27.8 Å². The standard InChI is InChI=1S/C29H23Cl2F3N2O3S/c1-28(2)13-23(35-26(38)25(37)29(32,33)34)21-12-20(15-3-6-18(30)7-4-15)24(36-27(21)39-28)19-8-5-16(11-22(19)31)17-9-10-40-14-17/h3-12,14,23,25,37H,13H2,1-2H3,(H,35,38)/t23-,25+/m1/s1. The van der Waals surface area contributed by atoms with Crippen molar-refractivity contribution in [3.63, 3.8) is 0 Å². The predicted octanol–water partition coefficient (Wildman–Crippen LogP) is 8.09. The number of benzene rings is 2. The van der Waals surface area contributed by atoms with Crippen molar-refractivity contribution in [1.82, 2.24) is 10.3 Å². The van der Waals surface area contributed by atoms with Crippen LogP contribution in [0, 0.1) is 0 Å². The number of nitrogens with zero attached hydrogens (tertiary/aromatic N) is 1. The Labute approximate surface area is 242 Å². The third-order valence-corrected chi connectivity index (χ3v) is 7.82. The summed E-state index contributed by atoms with van der Waals surface area (Å²) in [7, 11) is 0. The first-order valence-corrected chi connectivity index (χ1v) is 13.9. The molecule has 2 N–H and O–H groups in total. The third-order valence-electron chi connectivity index (χ3n) is 6.57. The first-order chi connectivity index (χ1) is 18.8. The van der Waals surface area contributed by atoms with E-state index in [0.29, 0.717) is 32.4 Å². The number of hydrogen-bond donors (Lipinski definition) is 2. The molecule has 2 aromatic carbocycles. The highest BCUT2D eigenvalue weighted by Crippen LogP contribution is 2.45. The van der Waals surface area contributed by atoms with Gasteiger partial charge in [-0.3, -0.25) is 4.79 Å². The van der Waals surface area contributed by atoms with Crippen LogP contribution in [0.25, 0.3) is 33.5 Å². The monoisotopic (exact) mass is 606 g/mol. The number of aromatic nitrogens is 1. The van der Waals surface area contributed by atoms with Gasteiger partial charge in [-0.15, -0.1) is 0 Å². The zero-order valence-electron chi connectivity index (χ0n) is 21.2. The summed E-state index contributed by atoms with van der Waals surface area (Å²) in [5.74, 6) is -1.40. The first-order valence-electron chi connectivity index (χ1n) is 12.2. The van der Waals surface area contributed by atoms with Gasteiger partial charge in [0, 0.05) is 28.1 Å². The van der Waals surface area contributed by atoms with Crippen molar-refractivity contribution in [2.75, 3.05) is 0 Å². The van der Waals surface area contributed by atoms with Gasteiger partial charge in [-0.05, 0) is 71.6 Å². The van der Waals surface area contributed by atoms with Crippen LogP contribution in [0.5, 0.6) is 5.88 Å². The maximum Gasteiger partial charge on any atom is 0.423 e. The summed E-state index contributed by atoms with van der Waals surface area (Å²) in [6, 6.07) is 15.4. The number of halogens is 5. The molecule has 0 radical (unpaired) electrons. The molecular weight excluding hydrogens is 584 g/mol. The van der Waals surface area contributed by atoms with Gasteiger partial charge in [-0.2, -0.15) is 24.5 Å². The molecule has 5 nitrogen and oxygen atoms in total. The van der Waals surface area contributed by atoms with Crippen molar-refractivity contribution >= 4 is 40.4 Å². The van der Waals surface area contributed by atoms with Crippen LogP contribution in [0.4, 0.5) is 13.2 Å². The van der Waals surface area contributed by atoms with E-state index < -0.39 is 29.8 Å². The minimum atomic E-state index is -5.10. The molecular formula is C29H23Cl2F3N2O3S. The third kappa shape index (κ3) is 5.83. The van der Waals surface area contributed by atoms with E-state index in [4.69, 9.17) is 32.9 Å². The Morgan fingerprint density at radius 1 is 1.07 bits per heavy atom. The smallest absolute Gasteiger partial charge is 0.423 e. The Bertz CT molecular complexity index is 1560. The van der Waals surface area contributed by atoms with Gasteiger partial charge in [0.05, 0.1) is 16.8 Å². The van der Waals surface area contributed by atoms with Crippen LogP contribution >= 0.6 is 34.5 Å². The van der Waals surface area contributed by atoms with Gasteiger partial charge in [0.15, 0.2) is 0 Å². The van der Waals surface area contributed by atoms with Crippen molar-refractivity contribution in [1.29, 1.82) is 0 Å². The molecule has 1 aliphatic heterocycles. The number of thiophene rings is 1. The second kappa shape index (κ2) is 10.7. The Morgan fingerprint density at radius 3 is 2.40 bits per heavy atom. The van der Waals surface area contributed by atoms with Gasteiger partial charge in [0.25, 0.3) is 5.91 Å². The number of carbonyl (C=O) groups excluding carboxylic acids is 1. The van der Waals surface area contributed by atoms with Crippen LogP contribution in [0.3, 0.4) is 0 Å². The number of aliphatic hydroxyl groups excluding tert-OH is 1. The zero-order valence-corrected chi connectivity index (χ0v) is 23.6. The summed E-state index contributed by atoms with van der Waals surface area (Å²) in [5, 5.41) is 16.8. The summed E-state index contributed by atoms with van der Waals surface area (Å²) in [4.78, 5) is 17.2. The predicted molar refractivity (Wildman–Crippen MR) is 151 cm³/mol. The molecule has 11 heteroatoms. The lowest BCUT2D eigenvalue weighted by Gasteiger charge is -2.38. The van der Waals surface area contributed by atoms with Gasteiger partial charge in [-0.1, -0.05) is 47.5 Å². The van der Waals surface area contributed by atoms with Crippen LogP contribution in [0.1, 0.15) is 31.9 Å². The number of pyridine rings is 1. The summed E-state index contributed by atoms with van der Waals surface area (Å²) in [6.07, 6.45) is -8.12. The second-order valence-electron chi connectivity index (χ2n) is 10.1. The molecule has 208 valence electrons. The van der Waals surface area contributed by atoms with Crippen LogP contribution in [-0.2, 0) is 4.79 Å². The number of carbonyl (C=O) groups is 1. The molecule has 1 aliphatic rings. The van der Waals surface area contributed by atoms with Crippen LogP contribution in [0.2, 0.25) is 10.0 Å². The zero-order chi connectivity index (χ0) is 28.8. The highest BCUT2D eigenvalue weighted by molar-refractivity contribution is 7.08. The van der Waals surface area contributed by atoms with Gasteiger partial charge in [-0.25, -0.2) is 4.98 Å². The highest BCUT2D eigenvalue weighted by Gasteiger charge is 2.45. The maximum absolute atomic E-state index is 13.0. The minimum Gasteiger partial charge on any atom is -0.471 e. The molecule has 0 spiro atoms. The number of amides is 1. The average Bonchev–Trinajstić information content (AvgIpc) is 3.42. The lowest BCUT2D eigenvalue weighted by Crippen LogP contribution is -2.48. The summed E-state index contributed by atoms with van der Waals surface area (Å²) in [6.45, 7) is 3.48. The number of fused-ring (bicyclic) bond motifs is 1. The topological polar surface area (TPSA) is 71.5 Å². The molecule has 1 amide bonds. The normalized spacial score (nSPS) is 17.1. The van der Waals surface area contributed by atoms with Gasteiger partial charge < -0.3 is 15.2 Å². The van der Waals surface area contributed by atoms with E-state index in [1.807, 2.05) is 35.0 Å². The molecule has 0 aliphatic carbocycles. The second-order valence-corrected chi connectivity index (χ2v) is 11.7. The number of alkyl halides is 3. The average molecular weight is 607 g/mol. The lowest BCUT2D eigenvalue weighted by molar-refractivity contribution is -0.205. The first kappa shape index (κ1) is 28.4. The van der Waals surface area contributed by atoms with Crippen LogP contribution in [0.15, 0.2) is 65.4 Å². The Balaban J connectivity index is 1.65. The van der Waals surface area contributed by atoms with Crippen LogP contribution in [-0.4, -0.2) is 33.9 Å². The van der Waals surface area contributed by atoms with Crippen molar-refractivity contribution in [3.8, 4) is 39.4 Å². The molecule has 0 unspecified atom stereocenters. The molecule has 0 fully saturated rings. The molecule has 2 atom stereocenters. The fraction of sp³-hybridized carbons (Fsp3) is 0.241. The number of ether oxygens (including phenoxy) is 1. The summed E-state index contributed by atoms with van der Waals surface area (Å²) < 4.78 is 45.3. The molecule has 5 rings (SSSR count). The van der Waals surface area contributed by atoms with E-state index in [1.54, 1.807) is 55.5 Å². The van der Waals surface area contributed by atoms with Gasteiger partial charge in [0.1, 0.15) is 5.60 Å². The van der Waals surface area contributed by atoms with E-state index in [-0.39, 0.29) is 12.3 Å². The number of rotatable bonds is 5. The molecule has 3 heterocycles. The van der Waals surface area contributed by atoms with Crippen molar-refractivity contribution in [2.24, 2.45) is 0 Å². The van der Waals surface area contributed by atoms with E-state index in [0.717, 1.165) is 16.7 Å². The molecule has 2 aromatic heterocycles. The number of nitrogens with one attached hydrogen (secondary N) is 1. The fourth-order valence-corrected chi connectivity index (χ4v) is 5.71. The Morgan fingerprint density at radius 2 is 1.77 bits per heavy atom. The number of aliphatic hydroxyl groups is 1. The minimum absolute atomic E-state index is 0.146. The van der Waals surface area contributed by atoms with E-state index in [1.165, 1.54) is 0 Å². The van der Waals surface area contributed by atoms with Gasteiger partial charge in [0.2, 0.25) is 12.0 Å². The van der Waals surface area contributed by atoms with Crippen LogP contribution < -0.4 is 10.1 Å². The molecule has 0 saturated carbocycles. The highest BCUT2D eigenvalue weighted by atomic mass is 35.5. The lowest BCUT2D eigenvalue weighted by atomic mass is 9.88. The summed E-state index contributed by atoms with van der Waals surface area (Å²) >= 11 is 14.5. The molecule has 0 saturated heterocycles. The molecule has 0 bridgehead atoms. The van der Waals surface area contributed by atoms with Crippen molar-refractivity contribution in [2.45, 2.75) is 44.2 Å². The quantitative estimate of drug-likeness (QED) is 0.241. The number of hydrogen-bond acceptors (Lipinski definition) is 5. The Kier molecular flexibility index (Phi) is 7.60. The van der Waals surface area contributed by atoms with E-state index in [9.17, 15) is 23.1 Å². The fourth-order valence-electron chi connectivity index (χ4n) is 4.65. The summed E-state index contributed by atoms with van der Waals surface area (Å²) in [5.41, 5.74) is 3.89. The van der Waals surface area contributed by atoms with Crippen molar-refractivity contribution in [3.05, 3.63) is 81.0 Å². The molecule has 40 heavy (non-hydrogen) atoms. The largest absolute Gasteiger partial charge is 0.471 e. The van der Waals surface area contributed by atoms with E-state index >= 15 is 0 Å². The molecule has 4 aromatic rings. The SMILES string of the molecule is CC1(C)C[C@@H](NC(=O)[C@H](O)C(F)(F)F)c2cc(-c3ccc(Cl)cc3)c(-c3ccc(-c4ccsc4)cc3Cl)nc2O1. The Hall–Kier alpha value is -3.11. The van der Waals surface area contributed by atoms with E-state index in [2.05, 4.69) is 5.32 Å². The van der Waals surface area contributed by atoms with Gasteiger partial charge >= 0.3 is 6.18 Å². The maximum atomic E-state index is 13.0.